The summed E-state index contributed by atoms with van der Waals surface area (Å²) < 4.78 is 27.5. The van der Waals surface area contributed by atoms with Crippen LogP contribution in [0.4, 0.5) is 10.5 Å². The lowest BCUT2D eigenvalue weighted by Gasteiger charge is -2.39. The number of nitro benzene ring substituents is 1. The quantitative estimate of drug-likeness (QED) is 0.426. The minimum absolute atomic E-state index is 0.0323. The largest absolute Gasteiger partial charge is 0.480 e. The monoisotopic (exact) mass is 479 g/mol. The number of carboxylic acid groups (broad SMARTS) is 2. The van der Waals surface area contributed by atoms with Crippen molar-refractivity contribution in [1.29, 1.82) is 0 Å². The van der Waals surface area contributed by atoms with Gasteiger partial charge in [-0.3, -0.25) is 19.9 Å². The summed E-state index contributed by atoms with van der Waals surface area (Å²) in [6.45, 7) is -0.701. The van der Waals surface area contributed by atoms with Crippen LogP contribution in [0.2, 0.25) is 0 Å². The molecular weight excluding hydrogens is 458 g/mol. The molecule has 0 radical (unpaired) electrons. The number of benzene rings is 2. The number of amides is 1. The Labute approximate surface area is 188 Å². The fraction of sp³-hybridized carbons (Fsp3) is 0.300. The lowest BCUT2D eigenvalue weighted by atomic mass is 9.99. The van der Waals surface area contributed by atoms with Crippen LogP contribution >= 0.6 is 0 Å². The van der Waals surface area contributed by atoms with E-state index < -0.39 is 56.2 Å². The molecule has 1 fully saturated rings. The fourth-order valence-corrected chi connectivity index (χ4v) is 5.21. The molecule has 0 saturated carbocycles. The minimum atomic E-state index is -4.63. The number of piperidine rings is 1. The maximum absolute atomic E-state index is 13.5. The van der Waals surface area contributed by atoms with Crippen LogP contribution < -0.4 is 0 Å². The van der Waals surface area contributed by atoms with Crippen LogP contribution in [0.25, 0.3) is 0 Å². The van der Waals surface area contributed by atoms with Crippen molar-refractivity contribution < 1.29 is 38.0 Å². The Morgan fingerprint density at radius 1 is 1.09 bits per heavy atom. The van der Waals surface area contributed by atoms with Gasteiger partial charge in [-0.25, -0.2) is 18.0 Å². The number of carbonyl (C=O) groups is 2. The molecule has 0 aliphatic carbocycles. The summed E-state index contributed by atoms with van der Waals surface area (Å²) in [4.78, 5) is 39.3. The number of sulfonamides is 1. The van der Waals surface area contributed by atoms with E-state index in [9.17, 15) is 38.3 Å². The predicted octanol–water partition coefficient (Wildman–Crippen LogP) is 2.31. The molecule has 0 spiro atoms. The van der Waals surface area contributed by atoms with Crippen molar-refractivity contribution in [3.05, 3.63) is 70.3 Å². The molecule has 176 valence electrons. The molecule has 2 unspecified atom stereocenters. The molecule has 33 heavy (non-hydrogen) atoms. The SMILES string of the molecule is O=C(O)C1CCC(N(OCc2ccccc2)S(=O)(=O)c2ccccc2[N+](=O)[O-])CN1C(=O)O. The van der Waals surface area contributed by atoms with Crippen molar-refractivity contribution in [2.24, 2.45) is 0 Å². The Kier molecular flexibility index (Phi) is 7.26. The number of hydroxylamine groups is 1. The van der Waals surface area contributed by atoms with E-state index in [2.05, 4.69) is 0 Å². The lowest BCUT2D eigenvalue weighted by molar-refractivity contribution is -0.388. The van der Waals surface area contributed by atoms with Crippen molar-refractivity contribution in [1.82, 2.24) is 9.37 Å². The summed E-state index contributed by atoms with van der Waals surface area (Å²) in [5.74, 6) is -1.35. The first-order valence-corrected chi connectivity index (χ1v) is 11.2. The van der Waals surface area contributed by atoms with E-state index in [1.54, 1.807) is 30.3 Å². The van der Waals surface area contributed by atoms with Crippen molar-refractivity contribution in [2.45, 2.75) is 36.4 Å². The van der Waals surface area contributed by atoms with Crippen LogP contribution in [-0.2, 0) is 26.3 Å². The number of rotatable bonds is 8. The van der Waals surface area contributed by atoms with E-state index in [-0.39, 0.29) is 19.4 Å². The van der Waals surface area contributed by atoms with E-state index in [4.69, 9.17) is 4.84 Å². The van der Waals surface area contributed by atoms with E-state index in [0.29, 0.717) is 14.9 Å². The Balaban J connectivity index is 2.00. The summed E-state index contributed by atoms with van der Waals surface area (Å²) in [7, 11) is -4.63. The molecule has 2 N–H and O–H groups in total. The number of hydrogen-bond acceptors (Lipinski definition) is 7. The normalized spacial score (nSPS) is 18.8. The van der Waals surface area contributed by atoms with Gasteiger partial charge in [0.2, 0.25) is 0 Å². The number of aliphatic carboxylic acids is 1. The molecule has 2 aromatic carbocycles. The lowest BCUT2D eigenvalue weighted by Crippen LogP contribution is -2.56. The summed E-state index contributed by atoms with van der Waals surface area (Å²) in [6, 6.07) is 10.8. The Morgan fingerprint density at radius 2 is 1.73 bits per heavy atom. The molecule has 12 nitrogen and oxygen atoms in total. The van der Waals surface area contributed by atoms with Gasteiger partial charge in [-0.2, -0.15) is 0 Å². The second kappa shape index (κ2) is 9.94. The third kappa shape index (κ3) is 5.27. The zero-order valence-electron chi connectivity index (χ0n) is 17.2. The molecule has 1 amide bonds. The van der Waals surface area contributed by atoms with E-state index in [1.807, 2.05) is 0 Å². The fourth-order valence-electron chi connectivity index (χ4n) is 3.60. The van der Waals surface area contributed by atoms with E-state index in [0.717, 1.165) is 12.1 Å². The van der Waals surface area contributed by atoms with E-state index in [1.165, 1.54) is 12.1 Å². The first-order chi connectivity index (χ1) is 15.6. The van der Waals surface area contributed by atoms with Crippen molar-refractivity contribution in [3.8, 4) is 0 Å². The number of para-hydroxylation sites is 1. The van der Waals surface area contributed by atoms with Crippen LogP contribution in [-0.4, -0.2) is 63.6 Å². The summed E-state index contributed by atoms with van der Waals surface area (Å²) in [5.41, 5.74) is -0.0605. The zero-order valence-corrected chi connectivity index (χ0v) is 18.0. The van der Waals surface area contributed by atoms with Crippen LogP contribution in [0.5, 0.6) is 0 Å². The first-order valence-electron chi connectivity index (χ1n) is 9.80. The van der Waals surface area contributed by atoms with Crippen molar-refractivity contribution in [2.75, 3.05) is 6.54 Å². The number of nitrogens with zero attached hydrogens (tertiary/aromatic N) is 3. The van der Waals surface area contributed by atoms with Gasteiger partial charge in [-0.15, -0.1) is 0 Å². The summed E-state index contributed by atoms with van der Waals surface area (Å²) in [5, 5.41) is 30.2. The highest BCUT2D eigenvalue weighted by Gasteiger charge is 2.44. The summed E-state index contributed by atoms with van der Waals surface area (Å²) in [6.07, 6.45) is -1.72. The second-order valence-corrected chi connectivity index (χ2v) is 9.01. The molecule has 1 heterocycles. The first kappa shape index (κ1) is 24.1. The van der Waals surface area contributed by atoms with Gasteiger partial charge in [0.15, 0.2) is 4.90 Å². The predicted molar refractivity (Wildman–Crippen MR) is 113 cm³/mol. The molecule has 2 atom stereocenters. The topological polar surface area (TPSA) is 168 Å². The molecule has 13 heteroatoms. The molecule has 0 aromatic heterocycles. The van der Waals surface area contributed by atoms with Gasteiger partial charge in [0, 0.05) is 12.6 Å². The molecule has 3 rings (SSSR count). The number of nitro groups is 1. The van der Waals surface area contributed by atoms with Crippen LogP contribution in [0.15, 0.2) is 59.5 Å². The standard InChI is InChI=1S/C20H21N3O9S/c24-19(25)17-11-10-15(12-21(17)20(26)27)23(32-13-14-6-2-1-3-7-14)33(30,31)18-9-5-4-8-16(18)22(28)29/h1-9,15,17H,10-13H2,(H,24,25)(H,26,27). The number of likely N-dealkylation sites (tertiary alicyclic amines) is 1. The molecule has 1 aliphatic heterocycles. The Hall–Kier alpha value is -3.55. The summed E-state index contributed by atoms with van der Waals surface area (Å²) >= 11 is 0. The van der Waals surface area contributed by atoms with Crippen molar-refractivity contribution >= 4 is 27.8 Å². The average Bonchev–Trinajstić information content (AvgIpc) is 2.79. The van der Waals surface area contributed by atoms with Gasteiger partial charge in [-0.1, -0.05) is 46.9 Å². The molecule has 0 bridgehead atoms. The van der Waals surface area contributed by atoms with Gasteiger partial charge in [0.25, 0.3) is 15.7 Å². The van der Waals surface area contributed by atoms with Crippen LogP contribution in [0, 0.1) is 10.1 Å². The third-order valence-electron chi connectivity index (χ3n) is 5.16. The van der Waals surface area contributed by atoms with Gasteiger partial charge in [0.1, 0.15) is 6.04 Å². The molecule has 2 aromatic rings. The van der Waals surface area contributed by atoms with Gasteiger partial charge in [0.05, 0.1) is 17.6 Å². The maximum atomic E-state index is 13.5. The van der Waals surface area contributed by atoms with E-state index >= 15 is 0 Å². The maximum Gasteiger partial charge on any atom is 0.408 e. The van der Waals surface area contributed by atoms with Crippen LogP contribution in [0.1, 0.15) is 18.4 Å². The second-order valence-electron chi connectivity index (χ2n) is 7.26. The van der Waals surface area contributed by atoms with Gasteiger partial charge in [-0.05, 0) is 24.5 Å². The Morgan fingerprint density at radius 3 is 2.33 bits per heavy atom. The highest BCUT2D eigenvalue weighted by atomic mass is 32.2. The minimum Gasteiger partial charge on any atom is -0.480 e. The molecule has 1 aliphatic rings. The highest BCUT2D eigenvalue weighted by molar-refractivity contribution is 7.89. The smallest absolute Gasteiger partial charge is 0.408 e. The number of hydrogen-bond donors (Lipinski definition) is 2. The highest BCUT2D eigenvalue weighted by Crippen LogP contribution is 2.31. The Bertz CT molecular complexity index is 1140. The number of carboxylic acids is 1. The molecular formula is C20H21N3O9S. The van der Waals surface area contributed by atoms with Crippen LogP contribution in [0.3, 0.4) is 0 Å². The molecule has 1 saturated heterocycles. The van der Waals surface area contributed by atoms with Gasteiger partial charge >= 0.3 is 12.1 Å². The van der Waals surface area contributed by atoms with Gasteiger partial charge < -0.3 is 10.2 Å². The third-order valence-corrected chi connectivity index (χ3v) is 6.94. The zero-order chi connectivity index (χ0) is 24.2. The van der Waals surface area contributed by atoms with Crippen molar-refractivity contribution in [3.63, 3.8) is 0 Å². The average molecular weight is 479 g/mol.